The lowest BCUT2D eigenvalue weighted by Gasteiger charge is -2.27. The summed E-state index contributed by atoms with van der Waals surface area (Å²) in [5.74, 6) is 1.30. The van der Waals surface area contributed by atoms with Crippen LogP contribution in [0.4, 0.5) is 0 Å². The number of carbonyl (C=O) groups is 2. The van der Waals surface area contributed by atoms with Crippen molar-refractivity contribution in [2.75, 3.05) is 41.0 Å². The van der Waals surface area contributed by atoms with Crippen LogP contribution in [-0.4, -0.2) is 68.5 Å². The topological polar surface area (TPSA) is 80.7 Å². The Morgan fingerprint density at radius 2 is 1.76 bits per heavy atom. The summed E-state index contributed by atoms with van der Waals surface area (Å²) in [5, 5.41) is 6.26. The molecule has 0 bridgehead atoms. The van der Waals surface area contributed by atoms with E-state index in [4.69, 9.17) is 19.3 Å². The summed E-state index contributed by atoms with van der Waals surface area (Å²) >= 11 is 0. The van der Waals surface area contributed by atoms with Crippen LogP contribution in [0.5, 0.6) is 11.5 Å². The fourth-order valence-corrected chi connectivity index (χ4v) is 4.10. The predicted molar refractivity (Wildman–Crippen MR) is 128 cm³/mol. The van der Waals surface area contributed by atoms with Crippen molar-refractivity contribution < 1.29 is 23.8 Å². The number of carbonyl (C=O) groups excluding carboxylic acids is 2. The molecule has 2 aliphatic rings. The van der Waals surface area contributed by atoms with Gasteiger partial charge in [-0.3, -0.25) is 9.59 Å². The summed E-state index contributed by atoms with van der Waals surface area (Å²) < 4.78 is 15.8. The van der Waals surface area contributed by atoms with E-state index in [1.807, 2.05) is 48.5 Å². The van der Waals surface area contributed by atoms with Crippen LogP contribution in [0.1, 0.15) is 36.4 Å². The first-order valence-electron chi connectivity index (χ1n) is 11.5. The molecule has 1 saturated carbocycles. The Bertz CT molecular complexity index is 1050. The van der Waals surface area contributed by atoms with E-state index in [1.165, 1.54) is 5.01 Å². The van der Waals surface area contributed by atoms with Gasteiger partial charge in [0.1, 0.15) is 18.0 Å². The van der Waals surface area contributed by atoms with E-state index in [9.17, 15) is 9.59 Å². The van der Waals surface area contributed by atoms with Crippen molar-refractivity contribution in [1.82, 2.24) is 9.91 Å². The first kappa shape index (κ1) is 23.8. The largest absolute Gasteiger partial charge is 0.497 e. The van der Waals surface area contributed by atoms with Gasteiger partial charge in [0, 0.05) is 31.6 Å². The molecule has 1 aliphatic heterocycles. The van der Waals surface area contributed by atoms with Crippen LogP contribution >= 0.6 is 0 Å². The lowest BCUT2D eigenvalue weighted by molar-refractivity contribution is -0.142. The van der Waals surface area contributed by atoms with Gasteiger partial charge in [-0.2, -0.15) is 5.10 Å². The number of benzene rings is 2. The summed E-state index contributed by atoms with van der Waals surface area (Å²) in [7, 11) is 4.83. The van der Waals surface area contributed by atoms with Crippen LogP contribution in [0.3, 0.4) is 0 Å². The molecule has 0 saturated heterocycles. The molecule has 8 heteroatoms. The Morgan fingerprint density at radius 3 is 2.41 bits per heavy atom. The average molecular weight is 466 g/mol. The van der Waals surface area contributed by atoms with Gasteiger partial charge in [-0.1, -0.05) is 24.3 Å². The fraction of sp³-hybridized carbons (Fsp3) is 0.423. The van der Waals surface area contributed by atoms with Crippen molar-refractivity contribution in [3.8, 4) is 11.5 Å². The number of hydrazone groups is 1. The van der Waals surface area contributed by atoms with Crippen LogP contribution < -0.4 is 9.47 Å². The highest BCUT2D eigenvalue weighted by Gasteiger charge is 2.37. The normalized spacial score (nSPS) is 17.3. The maximum atomic E-state index is 13.5. The standard InChI is InChI=1S/C26H31N3O5/c1-32-14-13-28(26(31)19-7-8-19)17-25(30)29-24(18-9-11-21(33-2)12-10-18)16-23(27-29)20-5-4-6-22(15-20)34-3/h4-6,9-12,15,19,24H,7-8,13-14,16-17H2,1-3H3. The molecule has 1 aliphatic carbocycles. The number of methoxy groups -OCH3 is 3. The number of rotatable bonds is 10. The smallest absolute Gasteiger partial charge is 0.262 e. The van der Waals surface area contributed by atoms with E-state index < -0.39 is 0 Å². The lowest BCUT2D eigenvalue weighted by Crippen LogP contribution is -2.43. The molecule has 1 atom stereocenters. The van der Waals surface area contributed by atoms with Crippen LogP contribution in [0.15, 0.2) is 53.6 Å². The summed E-state index contributed by atoms with van der Waals surface area (Å²) in [6.45, 7) is 0.733. The zero-order valence-corrected chi connectivity index (χ0v) is 19.9. The maximum Gasteiger partial charge on any atom is 0.262 e. The van der Waals surface area contributed by atoms with E-state index >= 15 is 0 Å². The Kier molecular flexibility index (Phi) is 7.47. The molecule has 1 fully saturated rings. The van der Waals surface area contributed by atoms with E-state index in [2.05, 4.69) is 0 Å². The number of nitrogens with zero attached hydrogens (tertiary/aromatic N) is 3. The van der Waals surface area contributed by atoms with Gasteiger partial charge >= 0.3 is 0 Å². The number of ether oxygens (including phenoxy) is 3. The van der Waals surface area contributed by atoms with Crippen molar-refractivity contribution in [2.45, 2.75) is 25.3 Å². The quantitative estimate of drug-likeness (QED) is 0.538. The van der Waals surface area contributed by atoms with Crippen LogP contribution in [-0.2, 0) is 14.3 Å². The van der Waals surface area contributed by atoms with Gasteiger partial charge in [0.25, 0.3) is 5.91 Å². The number of amides is 2. The molecular formula is C26H31N3O5. The summed E-state index contributed by atoms with van der Waals surface area (Å²) in [5.41, 5.74) is 2.65. The van der Waals surface area contributed by atoms with Crippen molar-refractivity contribution in [3.63, 3.8) is 0 Å². The molecule has 4 rings (SSSR count). The third-order valence-corrected chi connectivity index (χ3v) is 6.20. The van der Waals surface area contributed by atoms with E-state index in [0.29, 0.717) is 19.6 Å². The Hall–Kier alpha value is -3.39. The molecular weight excluding hydrogens is 434 g/mol. The summed E-state index contributed by atoms with van der Waals surface area (Å²) in [6, 6.07) is 15.0. The van der Waals surface area contributed by atoms with Gasteiger partial charge in [-0.15, -0.1) is 0 Å². The highest BCUT2D eigenvalue weighted by Crippen LogP contribution is 2.35. The molecule has 0 aromatic heterocycles. The van der Waals surface area contributed by atoms with Gasteiger partial charge in [0.05, 0.1) is 32.6 Å². The summed E-state index contributed by atoms with van der Waals surface area (Å²) in [4.78, 5) is 27.9. The van der Waals surface area contributed by atoms with Crippen LogP contribution in [0, 0.1) is 5.92 Å². The first-order chi connectivity index (χ1) is 16.5. The maximum absolute atomic E-state index is 13.5. The van der Waals surface area contributed by atoms with Crippen molar-refractivity contribution in [3.05, 3.63) is 59.7 Å². The second-order valence-corrected chi connectivity index (χ2v) is 8.54. The molecule has 2 aromatic rings. The number of hydrogen-bond acceptors (Lipinski definition) is 6. The van der Waals surface area contributed by atoms with Crippen molar-refractivity contribution >= 4 is 17.5 Å². The average Bonchev–Trinajstić information content (AvgIpc) is 3.63. The van der Waals surface area contributed by atoms with E-state index in [1.54, 1.807) is 26.2 Å². The van der Waals surface area contributed by atoms with E-state index in [-0.39, 0.29) is 30.3 Å². The molecule has 8 nitrogen and oxygen atoms in total. The molecule has 1 unspecified atom stereocenters. The van der Waals surface area contributed by atoms with Crippen LogP contribution in [0.25, 0.3) is 0 Å². The molecule has 180 valence electrons. The molecule has 0 radical (unpaired) electrons. The fourth-order valence-electron chi connectivity index (χ4n) is 4.10. The summed E-state index contributed by atoms with van der Waals surface area (Å²) in [6.07, 6.45) is 2.32. The zero-order chi connectivity index (χ0) is 24.1. The molecule has 2 aromatic carbocycles. The van der Waals surface area contributed by atoms with Gasteiger partial charge in [0.2, 0.25) is 5.91 Å². The number of hydrogen-bond donors (Lipinski definition) is 0. The third kappa shape index (κ3) is 5.39. The second-order valence-electron chi connectivity index (χ2n) is 8.54. The lowest BCUT2D eigenvalue weighted by atomic mass is 9.98. The minimum atomic E-state index is -0.278. The predicted octanol–water partition coefficient (Wildman–Crippen LogP) is 3.27. The second kappa shape index (κ2) is 10.7. The molecule has 1 heterocycles. The SMILES string of the molecule is COCCN(CC(=O)N1N=C(c2cccc(OC)c2)CC1c1ccc(OC)cc1)C(=O)C1CC1. The van der Waals surface area contributed by atoms with Crippen molar-refractivity contribution in [1.29, 1.82) is 0 Å². The van der Waals surface area contributed by atoms with Gasteiger partial charge in [-0.05, 0) is 42.7 Å². The molecule has 2 amide bonds. The first-order valence-corrected chi connectivity index (χ1v) is 11.5. The molecule has 0 spiro atoms. The highest BCUT2D eigenvalue weighted by atomic mass is 16.5. The minimum Gasteiger partial charge on any atom is -0.497 e. The third-order valence-electron chi connectivity index (χ3n) is 6.20. The highest BCUT2D eigenvalue weighted by molar-refractivity contribution is 6.03. The monoisotopic (exact) mass is 465 g/mol. The molecule has 0 N–H and O–H groups in total. The zero-order valence-electron chi connectivity index (χ0n) is 19.9. The Labute approximate surface area is 200 Å². The van der Waals surface area contributed by atoms with Gasteiger partial charge < -0.3 is 19.1 Å². The minimum absolute atomic E-state index is 0.0163. The Morgan fingerprint density at radius 1 is 1.03 bits per heavy atom. The van der Waals surface area contributed by atoms with Gasteiger partial charge in [-0.25, -0.2) is 5.01 Å². The van der Waals surface area contributed by atoms with E-state index in [0.717, 1.165) is 41.2 Å². The Balaban J connectivity index is 1.61. The van der Waals surface area contributed by atoms with Crippen molar-refractivity contribution in [2.24, 2.45) is 11.0 Å². The van der Waals surface area contributed by atoms with Crippen LogP contribution in [0.2, 0.25) is 0 Å². The molecule has 34 heavy (non-hydrogen) atoms. The van der Waals surface area contributed by atoms with Gasteiger partial charge in [0.15, 0.2) is 0 Å².